The lowest BCUT2D eigenvalue weighted by atomic mass is 10.2. The number of pyridine rings is 1. The zero-order valence-corrected chi connectivity index (χ0v) is 11.1. The number of nitrogens with zero attached hydrogens (tertiary/aromatic N) is 1. The van der Waals surface area contributed by atoms with Crippen molar-refractivity contribution in [1.29, 1.82) is 0 Å². The van der Waals surface area contributed by atoms with E-state index < -0.39 is 0 Å². The minimum atomic E-state index is -0.0304. The molecule has 2 nitrogen and oxygen atoms in total. The smallest absolute Gasteiger partial charge is 0.138 e. The van der Waals surface area contributed by atoms with E-state index in [4.69, 9.17) is 4.74 Å². The molecule has 16 heavy (non-hydrogen) atoms. The fourth-order valence-corrected chi connectivity index (χ4v) is 1.92. The van der Waals surface area contributed by atoms with Gasteiger partial charge in [0.15, 0.2) is 0 Å². The van der Waals surface area contributed by atoms with Crippen LogP contribution in [0.5, 0.6) is 5.75 Å². The molecule has 0 bridgehead atoms. The molecule has 0 aliphatic heterocycles. The van der Waals surface area contributed by atoms with E-state index in [-0.39, 0.29) is 6.10 Å². The van der Waals surface area contributed by atoms with Gasteiger partial charge < -0.3 is 4.74 Å². The van der Waals surface area contributed by atoms with Crippen LogP contribution in [0.25, 0.3) is 0 Å². The number of rotatable bonds is 3. The third-order valence-corrected chi connectivity index (χ3v) is 3.14. The quantitative estimate of drug-likeness (QED) is 0.800. The summed E-state index contributed by atoms with van der Waals surface area (Å²) < 4.78 is 6.97. The van der Waals surface area contributed by atoms with Crippen molar-refractivity contribution < 1.29 is 4.74 Å². The van der Waals surface area contributed by atoms with E-state index in [1.807, 2.05) is 49.4 Å². The number of para-hydroxylation sites is 1. The molecule has 3 heteroatoms. The summed E-state index contributed by atoms with van der Waals surface area (Å²) >= 11 is 2.27. The number of benzene rings is 1. The van der Waals surface area contributed by atoms with E-state index >= 15 is 0 Å². The first kappa shape index (κ1) is 11.4. The molecule has 1 aromatic carbocycles. The summed E-state index contributed by atoms with van der Waals surface area (Å²) in [7, 11) is 0. The molecule has 82 valence electrons. The fourth-order valence-electron chi connectivity index (χ4n) is 1.41. The standard InChI is InChI=1S/C13H12INO/c1-10(12-7-4-5-9-15-12)16-13-8-3-2-6-11(13)14/h2-10H,1H3. The van der Waals surface area contributed by atoms with Crippen LogP contribution in [-0.4, -0.2) is 4.98 Å². The van der Waals surface area contributed by atoms with Crippen molar-refractivity contribution in [3.63, 3.8) is 0 Å². The third-order valence-electron chi connectivity index (χ3n) is 2.24. The van der Waals surface area contributed by atoms with Crippen molar-refractivity contribution in [2.24, 2.45) is 0 Å². The van der Waals surface area contributed by atoms with Crippen molar-refractivity contribution >= 4 is 22.6 Å². The van der Waals surface area contributed by atoms with E-state index in [1.165, 1.54) is 0 Å². The van der Waals surface area contributed by atoms with Crippen LogP contribution in [0.3, 0.4) is 0 Å². The van der Waals surface area contributed by atoms with Crippen LogP contribution in [0.15, 0.2) is 48.7 Å². The summed E-state index contributed by atoms with van der Waals surface area (Å²) in [5, 5.41) is 0. The van der Waals surface area contributed by atoms with Gasteiger partial charge in [-0.2, -0.15) is 0 Å². The highest BCUT2D eigenvalue weighted by atomic mass is 127. The zero-order chi connectivity index (χ0) is 11.4. The third kappa shape index (κ3) is 2.72. The molecule has 1 heterocycles. The van der Waals surface area contributed by atoms with Crippen molar-refractivity contribution in [2.75, 3.05) is 0 Å². The van der Waals surface area contributed by atoms with Crippen molar-refractivity contribution in [1.82, 2.24) is 4.98 Å². The van der Waals surface area contributed by atoms with Crippen LogP contribution in [0, 0.1) is 3.57 Å². The molecular formula is C13H12INO. The van der Waals surface area contributed by atoms with Crippen LogP contribution in [0.1, 0.15) is 18.7 Å². The van der Waals surface area contributed by atoms with E-state index in [2.05, 4.69) is 27.6 Å². The lowest BCUT2D eigenvalue weighted by Gasteiger charge is -2.14. The molecule has 0 saturated carbocycles. The van der Waals surface area contributed by atoms with Gasteiger partial charge in [-0.05, 0) is 53.8 Å². The molecule has 0 spiro atoms. The Kier molecular flexibility index (Phi) is 3.77. The van der Waals surface area contributed by atoms with E-state index in [0.717, 1.165) is 15.0 Å². The van der Waals surface area contributed by atoms with Gasteiger partial charge in [0.05, 0.1) is 9.26 Å². The Morgan fingerprint density at radius 1 is 1.12 bits per heavy atom. The number of hydrogen-bond donors (Lipinski definition) is 0. The Bertz CT molecular complexity index is 458. The first-order chi connectivity index (χ1) is 7.77. The molecule has 1 aromatic heterocycles. The molecule has 0 fully saturated rings. The summed E-state index contributed by atoms with van der Waals surface area (Å²) in [5.74, 6) is 0.904. The SMILES string of the molecule is CC(Oc1ccccc1I)c1ccccn1. The molecule has 0 aliphatic rings. The summed E-state index contributed by atoms with van der Waals surface area (Å²) in [6.07, 6.45) is 1.75. The number of hydrogen-bond acceptors (Lipinski definition) is 2. The second-order valence-corrected chi connectivity index (χ2v) is 4.61. The van der Waals surface area contributed by atoms with E-state index in [9.17, 15) is 0 Å². The first-order valence-corrected chi connectivity index (χ1v) is 6.17. The first-order valence-electron chi connectivity index (χ1n) is 5.09. The van der Waals surface area contributed by atoms with Gasteiger partial charge in [-0.15, -0.1) is 0 Å². The Morgan fingerprint density at radius 3 is 2.56 bits per heavy atom. The predicted octanol–water partition coefficient (Wildman–Crippen LogP) is 3.83. The molecule has 1 unspecified atom stereocenters. The maximum Gasteiger partial charge on any atom is 0.138 e. The van der Waals surface area contributed by atoms with Crippen LogP contribution in [0.4, 0.5) is 0 Å². The molecular weight excluding hydrogens is 313 g/mol. The molecule has 2 rings (SSSR count). The van der Waals surface area contributed by atoms with Gasteiger partial charge in [0.2, 0.25) is 0 Å². The van der Waals surface area contributed by atoms with E-state index in [1.54, 1.807) is 6.20 Å². The van der Waals surface area contributed by atoms with Crippen LogP contribution in [0.2, 0.25) is 0 Å². The molecule has 0 N–H and O–H groups in total. The highest BCUT2D eigenvalue weighted by Crippen LogP contribution is 2.25. The van der Waals surface area contributed by atoms with Gasteiger partial charge in [0, 0.05) is 6.20 Å². The van der Waals surface area contributed by atoms with Gasteiger partial charge >= 0.3 is 0 Å². The average molecular weight is 325 g/mol. The second-order valence-electron chi connectivity index (χ2n) is 3.45. The lowest BCUT2D eigenvalue weighted by molar-refractivity contribution is 0.220. The molecule has 0 amide bonds. The van der Waals surface area contributed by atoms with E-state index in [0.29, 0.717) is 0 Å². The molecule has 0 radical (unpaired) electrons. The molecule has 2 aromatic rings. The van der Waals surface area contributed by atoms with Crippen LogP contribution < -0.4 is 4.74 Å². The van der Waals surface area contributed by atoms with Gasteiger partial charge in [0.25, 0.3) is 0 Å². The fraction of sp³-hybridized carbons (Fsp3) is 0.154. The van der Waals surface area contributed by atoms with Crippen molar-refractivity contribution in [3.8, 4) is 5.75 Å². The Hall–Kier alpha value is -1.10. The normalized spacial score (nSPS) is 12.1. The Balaban J connectivity index is 2.14. The highest BCUT2D eigenvalue weighted by molar-refractivity contribution is 14.1. The summed E-state index contributed by atoms with van der Waals surface area (Å²) in [5.41, 5.74) is 0.946. The van der Waals surface area contributed by atoms with Crippen LogP contribution >= 0.6 is 22.6 Å². The average Bonchev–Trinajstić information content (AvgIpc) is 2.33. The van der Waals surface area contributed by atoms with Crippen molar-refractivity contribution in [2.45, 2.75) is 13.0 Å². The Labute approximate surface area is 109 Å². The van der Waals surface area contributed by atoms with Gasteiger partial charge in [-0.1, -0.05) is 18.2 Å². The zero-order valence-electron chi connectivity index (χ0n) is 8.93. The highest BCUT2D eigenvalue weighted by Gasteiger charge is 2.09. The van der Waals surface area contributed by atoms with Gasteiger partial charge in [0.1, 0.15) is 11.9 Å². The maximum absolute atomic E-state index is 5.86. The number of ether oxygens (including phenoxy) is 1. The topological polar surface area (TPSA) is 22.1 Å². The largest absolute Gasteiger partial charge is 0.483 e. The number of aromatic nitrogens is 1. The van der Waals surface area contributed by atoms with Gasteiger partial charge in [-0.25, -0.2) is 0 Å². The Morgan fingerprint density at radius 2 is 1.88 bits per heavy atom. The summed E-state index contributed by atoms with van der Waals surface area (Å²) in [6, 6.07) is 13.8. The number of halogens is 1. The van der Waals surface area contributed by atoms with Gasteiger partial charge in [-0.3, -0.25) is 4.98 Å². The molecule has 0 saturated heterocycles. The summed E-state index contributed by atoms with van der Waals surface area (Å²) in [6.45, 7) is 2.01. The minimum absolute atomic E-state index is 0.0304. The molecule has 0 aliphatic carbocycles. The predicted molar refractivity (Wildman–Crippen MR) is 72.4 cm³/mol. The summed E-state index contributed by atoms with van der Waals surface area (Å²) in [4.78, 5) is 4.28. The second kappa shape index (κ2) is 5.30. The lowest BCUT2D eigenvalue weighted by Crippen LogP contribution is -2.05. The van der Waals surface area contributed by atoms with Crippen LogP contribution in [-0.2, 0) is 0 Å². The molecule has 1 atom stereocenters. The van der Waals surface area contributed by atoms with Crippen molar-refractivity contribution in [3.05, 3.63) is 57.9 Å². The maximum atomic E-state index is 5.86. The minimum Gasteiger partial charge on any atom is -0.483 e. The monoisotopic (exact) mass is 325 g/mol.